The second-order valence-electron chi connectivity index (χ2n) is 4.05. The van der Waals surface area contributed by atoms with Crippen LogP contribution in [-0.4, -0.2) is 48.6 Å². The Morgan fingerprint density at radius 3 is 2.21 bits per heavy atom. The second-order valence-corrected chi connectivity index (χ2v) is 4.05. The average Bonchev–Trinajstić information content (AvgIpc) is 2.35. The predicted octanol–water partition coefficient (Wildman–Crippen LogP) is 1.06. The van der Waals surface area contributed by atoms with Gasteiger partial charge in [-0.15, -0.1) is 0 Å². The SMILES string of the molecule is CO[C@@H]1C(N=[N+]=[N-])CC(N=[N+]=[N-])[C@H](OC(C)=O)[C@H]1O. The number of esters is 1. The van der Waals surface area contributed by atoms with E-state index in [9.17, 15) is 9.90 Å². The number of ether oxygens (including phenoxy) is 2. The summed E-state index contributed by atoms with van der Waals surface area (Å²) >= 11 is 0. The maximum Gasteiger partial charge on any atom is 0.303 e. The zero-order chi connectivity index (χ0) is 14.4. The summed E-state index contributed by atoms with van der Waals surface area (Å²) in [7, 11) is 1.34. The fourth-order valence-electron chi connectivity index (χ4n) is 2.15. The Bertz CT molecular complexity index is 430. The van der Waals surface area contributed by atoms with E-state index in [1.165, 1.54) is 14.0 Å². The topological polar surface area (TPSA) is 153 Å². The van der Waals surface area contributed by atoms with Gasteiger partial charge in [-0.3, -0.25) is 4.79 Å². The molecule has 1 fully saturated rings. The van der Waals surface area contributed by atoms with Gasteiger partial charge in [0.2, 0.25) is 0 Å². The van der Waals surface area contributed by atoms with E-state index in [1.54, 1.807) is 0 Å². The maximum absolute atomic E-state index is 11.0. The monoisotopic (exact) mass is 270 g/mol. The molecule has 0 spiro atoms. The molecule has 0 heterocycles. The predicted molar refractivity (Wildman–Crippen MR) is 62.8 cm³/mol. The molecule has 10 nitrogen and oxygen atoms in total. The van der Waals surface area contributed by atoms with Crippen molar-refractivity contribution < 1.29 is 19.4 Å². The third kappa shape index (κ3) is 3.49. The number of aliphatic hydroxyl groups excluding tert-OH is 1. The lowest BCUT2D eigenvalue weighted by Gasteiger charge is -2.40. The van der Waals surface area contributed by atoms with Gasteiger partial charge in [-0.2, -0.15) is 0 Å². The molecule has 5 atom stereocenters. The lowest BCUT2D eigenvalue weighted by Crippen LogP contribution is -2.56. The molecule has 0 amide bonds. The van der Waals surface area contributed by atoms with E-state index in [0.29, 0.717) is 0 Å². The quantitative estimate of drug-likeness (QED) is 0.351. The highest BCUT2D eigenvalue weighted by molar-refractivity contribution is 5.66. The van der Waals surface area contributed by atoms with E-state index in [-0.39, 0.29) is 6.42 Å². The van der Waals surface area contributed by atoms with Crippen LogP contribution in [0.3, 0.4) is 0 Å². The second kappa shape index (κ2) is 6.81. The third-order valence-corrected chi connectivity index (χ3v) is 2.89. The number of nitrogens with zero attached hydrogens (tertiary/aromatic N) is 6. The highest BCUT2D eigenvalue weighted by Crippen LogP contribution is 2.29. The molecule has 1 aliphatic carbocycles. The maximum atomic E-state index is 11.0. The van der Waals surface area contributed by atoms with Crippen LogP contribution in [0.2, 0.25) is 0 Å². The molecule has 104 valence electrons. The fraction of sp³-hybridized carbons (Fsp3) is 0.889. The Labute approximate surface area is 108 Å². The van der Waals surface area contributed by atoms with Crippen molar-refractivity contribution in [2.75, 3.05) is 7.11 Å². The van der Waals surface area contributed by atoms with Crippen LogP contribution >= 0.6 is 0 Å². The Balaban J connectivity index is 3.04. The van der Waals surface area contributed by atoms with Crippen molar-refractivity contribution >= 4 is 5.97 Å². The molecule has 1 N–H and O–H groups in total. The summed E-state index contributed by atoms with van der Waals surface area (Å²) in [4.78, 5) is 16.3. The van der Waals surface area contributed by atoms with Crippen molar-refractivity contribution in [1.82, 2.24) is 0 Å². The van der Waals surface area contributed by atoms with Crippen LogP contribution in [0, 0.1) is 0 Å². The van der Waals surface area contributed by atoms with Crippen LogP contribution in [0.4, 0.5) is 0 Å². The van der Waals surface area contributed by atoms with Crippen LogP contribution in [-0.2, 0) is 14.3 Å². The lowest BCUT2D eigenvalue weighted by atomic mass is 9.84. The van der Waals surface area contributed by atoms with Gasteiger partial charge in [-0.1, -0.05) is 10.2 Å². The molecular formula is C9H14N6O4. The minimum absolute atomic E-state index is 0.127. The zero-order valence-electron chi connectivity index (χ0n) is 10.4. The van der Waals surface area contributed by atoms with Crippen molar-refractivity contribution in [2.24, 2.45) is 10.2 Å². The first-order valence-corrected chi connectivity index (χ1v) is 5.51. The third-order valence-electron chi connectivity index (χ3n) is 2.89. The van der Waals surface area contributed by atoms with Crippen molar-refractivity contribution in [3.8, 4) is 0 Å². The molecule has 1 saturated carbocycles. The molecule has 2 unspecified atom stereocenters. The van der Waals surface area contributed by atoms with Crippen molar-refractivity contribution in [3.63, 3.8) is 0 Å². The van der Waals surface area contributed by atoms with Gasteiger partial charge >= 0.3 is 5.97 Å². The highest BCUT2D eigenvalue weighted by atomic mass is 16.6. The number of hydrogen-bond donors (Lipinski definition) is 1. The van der Waals surface area contributed by atoms with E-state index in [2.05, 4.69) is 20.1 Å². The molecule has 0 bridgehead atoms. The van der Waals surface area contributed by atoms with Gasteiger partial charge < -0.3 is 14.6 Å². The Kier molecular flexibility index (Phi) is 5.40. The Morgan fingerprint density at radius 1 is 1.26 bits per heavy atom. The van der Waals surface area contributed by atoms with Gasteiger partial charge in [0.05, 0.1) is 18.2 Å². The van der Waals surface area contributed by atoms with Gasteiger partial charge in [0, 0.05) is 23.9 Å². The number of carbonyl (C=O) groups is 1. The molecular weight excluding hydrogens is 256 g/mol. The number of rotatable bonds is 4. The van der Waals surface area contributed by atoms with Crippen molar-refractivity contribution in [3.05, 3.63) is 20.9 Å². The lowest BCUT2D eigenvalue weighted by molar-refractivity contribution is -0.168. The van der Waals surface area contributed by atoms with E-state index in [4.69, 9.17) is 20.5 Å². The normalized spacial score (nSPS) is 33.7. The van der Waals surface area contributed by atoms with E-state index < -0.39 is 36.4 Å². The van der Waals surface area contributed by atoms with Gasteiger partial charge in [0.1, 0.15) is 12.2 Å². The standard InChI is InChI=1S/C9H14N6O4/c1-4(16)19-9-6(13-15-11)3-5(12-14-10)8(18-2)7(9)17/h5-9,17H,3H2,1-2H3/t5?,6?,7-,8+,9-/m0/s1. The molecule has 10 heteroatoms. The minimum Gasteiger partial charge on any atom is -0.459 e. The average molecular weight is 270 g/mol. The van der Waals surface area contributed by atoms with Crippen LogP contribution in [0.1, 0.15) is 13.3 Å². The smallest absolute Gasteiger partial charge is 0.303 e. The summed E-state index contributed by atoms with van der Waals surface area (Å²) in [6.45, 7) is 1.18. The zero-order valence-corrected chi connectivity index (χ0v) is 10.4. The number of methoxy groups -OCH3 is 1. The van der Waals surface area contributed by atoms with Crippen LogP contribution < -0.4 is 0 Å². The molecule has 0 aliphatic heterocycles. The Morgan fingerprint density at radius 2 is 1.79 bits per heavy atom. The molecule has 0 aromatic rings. The van der Waals surface area contributed by atoms with Gasteiger partial charge in [0.15, 0.2) is 0 Å². The summed E-state index contributed by atoms with van der Waals surface area (Å²) in [6.07, 6.45) is -2.97. The highest BCUT2D eigenvalue weighted by Gasteiger charge is 2.45. The summed E-state index contributed by atoms with van der Waals surface area (Å²) < 4.78 is 10.0. The Hall–Kier alpha value is -1.99. The van der Waals surface area contributed by atoms with E-state index in [0.717, 1.165) is 0 Å². The first-order valence-electron chi connectivity index (χ1n) is 5.51. The van der Waals surface area contributed by atoms with Crippen LogP contribution in [0.15, 0.2) is 10.2 Å². The summed E-state index contributed by atoms with van der Waals surface area (Å²) in [6, 6.07) is -1.52. The molecule has 0 aromatic heterocycles. The van der Waals surface area contributed by atoms with Crippen LogP contribution in [0.25, 0.3) is 20.9 Å². The molecule has 1 rings (SSSR count). The summed E-state index contributed by atoms with van der Waals surface area (Å²) in [5, 5.41) is 17.1. The van der Waals surface area contributed by atoms with E-state index >= 15 is 0 Å². The van der Waals surface area contributed by atoms with Gasteiger partial charge in [-0.25, -0.2) is 0 Å². The van der Waals surface area contributed by atoms with Crippen LogP contribution in [0.5, 0.6) is 0 Å². The largest absolute Gasteiger partial charge is 0.459 e. The number of hydrogen-bond acceptors (Lipinski definition) is 6. The number of carbonyl (C=O) groups excluding carboxylic acids is 1. The molecule has 19 heavy (non-hydrogen) atoms. The minimum atomic E-state index is -1.24. The van der Waals surface area contributed by atoms with Gasteiger partial charge in [0.25, 0.3) is 0 Å². The van der Waals surface area contributed by atoms with Crippen molar-refractivity contribution in [1.29, 1.82) is 0 Å². The molecule has 0 radical (unpaired) electrons. The first-order chi connectivity index (χ1) is 9.04. The number of azide groups is 2. The van der Waals surface area contributed by atoms with Crippen molar-refractivity contribution in [2.45, 2.75) is 43.7 Å². The summed E-state index contributed by atoms with van der Waals surface area (Å²) in [5.41, 5.74) is 17.0. The molecule has 0 aromatic carbocycles. The van der Waals surface area contributed by atoms with E-state index in [1.807, 2.05) is 0 Å². The number of aliphatic hydroxyl groups is 1. The summed E-state index contributed by atoms with van der Waals surface area (Å²) in [5.74, 6) is -0.612. The first kappa shape index (κ1) is 15.1. The fourth-order valence-corrected chi connectivity index (χ4v) is 2.15. The molecule has 1 aliphatic rings. The molecule has 0 saturated heterocycles. The van der Waals surface area contributed by atoms with Gasteiger partial charge in [-0.05, 0) is 17.5 Å².